The highest BCUT2D eigenvalue weighted by atomic mass is 19.4. The van der Waals surface area contributed by atoms with Crippen molar-refractivity contribution < 1.29 is 32.9 Å². The fraction of sp³-hybridized carbons (Fsp3) is 0.800. The average molecular weight is 464 g/mol. The molecule has 0 radical (unpaired) electrons. The van der Waals surface area contributed by atoms with E-state index in [2.05, 4.69) is 31.4 Å². The van der Waals surface area contributed by atoms with E-state index in [4.69, 9.17) is 14.6 Å². The van der Waals surface area contributed by atoms with Crippen LogP contribution in [0.2, 0.25) is 0 Å². The van der Waals surface area contributed by atoms with Gasteiger partial charge in [-0.15, -0.1) is 0 Å². The van der Waals surface area contributed by atoms with Gasteiger partial charge in [-0.1, -0.05) is 0 Å². The monoisotopic (exact) mass is 463 g/mol. The van der Waals surface area contributed by atoms with E-state index in [0.29, 0.717) is 5.92 Å². The van der Waals surface area contributed by atoms with Crippen molar-refractivity contribution in [3.8, 4) is 0 Å². The average Bonchev–Trinajstić information content (AvgIpc) is 3.47. The molecular formula is C20H32F3N5O4. The van der Waals surface area contributed by atoms with Crippen LogP contribution in [0.25, 0.3) is 0 Å². The Kier molecular flexibility index (Phi) is 8.74. The van der Waals surface area contributed by atoms with Gasteiger partial charge in [0.25, 0.3) is 0 Å². The molecule has 0 bridgehead atoms. The van der Waals surface area contributed by atoms with E-state index in [0.717, 1.165) is 71.1 Å². The number of rotatable bonds is 5. The predicted molar refractivity (Wildman–Crippen MR) is 111 cm³/mol. The van der Waals surface area contributed by atoms with E-state index in [-0.39, 0.29) is 12.2 Å². The number of H-pyrrole nitrogens is 1. The fourth-order valence-electron chi connectivity index (χ4n) is 4.35. The summed E-state index contributed by atoms with van der Waals surface area (Å²) in [4.78, 5) is 13.6. The van der Waals surface area contributed by atoms with Crippen LogP contribution in [0.5, 0.6) is 0 Å². The number of carbonyl (C=O) groups is 1. The molecule has 0 aromatic carbocycles. The second-order valence-electron chi connectivity index (χ2n) is 8.44. The van der Waals surface area contributed by atoms with Crippen molar-refractivity contribution in [2.24, 2.45) is 0 Å². The van der Waals surface area contributed by atoms with Crippen molar-refractivity contribution in [3.05, 3.63) is 11.8 Å². The number of alkyl halides is 3. The third-order valence-corrected chi connectivity index (χ3v) is 6.05. The number of piperazine rings is 1. The van der Waals surface area contributed by atoms with Crippen molar-refractivity contribution >= 4 is 11.8 Å². The van der Waals surface area contributed by atoms with Gasteiger partial charge in [-0.25, -0.2) is 4.79 Å². The van der Waals surface area contributed by atoms with Gasteiger partial charge in [-0.05, 0) is 32.2 Å². The first-order valence-corrected chi connectivity index (χ1v) is 11.1. The normalized spacial score (nSPS) is 25.8. The number of aromatic amines is 1. The molecule has 32 heavy (non-hydrogen) atoms. The zero-order valence-corrected chi connectivity index (χ0v) is 18.0. The molecule has 4 heterocycles. The van der Waals surface area contributed by atoms with Gasteiger partial charge in [0.1, 0.15) is 0 Å². The third-order valence-electron chi connectivity index (χ3n) is 6.05. The maximum Gasteiger partial charge on any atom is 0.490 e. The lowest BCUT2D eigenvalue weighted by molar-refractivity contribution is -0.192. The van der Waals surface area contributed by atoms with Gasteiger partial charge in [0.15, 0.2) is 5.82 Å². The minimum atomic E-state index is -5.08. The first-order chi connectivity index (χ1) is 15.2. The highest BCUT2D eigenvalue weighted by Crippen LogP contribution is 2.28. The molecule has 0 spiro atoms. The number of aliphatic hydroxyl groups is 1. The molecule has 0 saturated carbocycles. The number of aliphatic carboxylic acids is 1. The predicted octanol–water partition coefficient (Wildman–Crippen LogP) is 1.17. The van der Waals surface area contributed by atoms with Crippen molar-refractivity contribution in [1.29, 1.82) is 0 Å². The van der Waals surface area contributed by atoms with Crippen molar-refractivity contribution in [3.63, 3.8) is 0 Å². The zero-order chi connectivity index (χ0) is 23.1. The van der Waals surface area contributed by atoms with Gasteiger partial charge in [0, 0.05) is 63.6 Å². The molecule has 3 fully saturated rings. The topological polar surface area (TPSA) is 114 Å². The molecular weight excluding hydrogens is 431 g/mol. The molecule has 3 unspecified atom stereocenters. The van der Waals surface area contributed by atoms with Crippen molar-refractivity contribution in [1.82, 2.24) is 20.4 Å². The van der Waals surface area contributed by atoms with Gasteiger partial charge >= 0.3 is 12.1 Å². The molecule has 1 aromatic rings. The summed E-state index contributed by atoms with van der Waals surface area (Å²) in [7, 11) is 0. The Morgan fingerprint density at radius 1 is 1.25 bits per heavy atom. The lowest BCUT2D eigenvalue weighted by Gasteiger charge is -2.34. The minimum Gasteiger partial charge on any atom is -0.475 e. The van der Waals surface area contributed by atoms with Crippen LogP contribution >= 0.6 is 0 Å². The van der Waals surface area contributed by atoms with Gasteiger partial charge in [0.05, 0.1) is 12.2 Å². The number of hydrogen-bond donors (Lipinski definition) is 4. The molecule has 0 aliphatic carbocycles. The Balaban J connectivity index is 0.000000360. The van der Waals surface area contributed by atoms with Gasteiger partial charge in [0.2, 0.25) is 0 Å². The number of β-amino-alcohol motifs (C(OH)–C–C–N with tert-alkyl or cyclic N) is 1. The number of likely N-dealkylation sites (tertiary alicyclic amines) is 1. The van der Waals surface area contributed by atoms with Crippen LogP contribution in [0.4, 0.5) is 19.0 Å². The van der Waals surface area contributed by atoms with Crippen LogP contribution in [0, 0.1) is 0 Å². The number of halogens is 3. The summed E-state index contributed by atoms with van der Waals surface area (Å²) in [6, 6.07) is 2.23. The summed E-state index contributed by atoms with van der Waals surface area (Å²) in [6.45, 7) is 7.68. The molecule has 12 heteroatoms. The highest BCUT2D eigenvalue weighted by Gasteiger charge is 2.38. The Hall–Kier alpha value is -1.89. The van der Waals surface area contributed by atoms with E-state index >= 15 is 0 Å². The largest absolute Gasteiger partial charge is 0.490 e. The number of nitrogens with one attached hydrogen (secondary N) is 2. The molecule has 4 N–H and O–H groups in total. The van der Waals surface area contributed by atoms with Crippen molar-refractivity contribution in [2.75, 3.05) is 57.3 Å². The molecule has 1 aromatic heterocycles. The number of aliphatic hydroxyl groups excluding tert-OH is 1. The number of anilines is 1. The Morgan fingerprint density at radius 3 is 2.59 bits per heavy atom. The summed E-state index contributed by atoms with van der Waals surface area (Å²) >= 11 is 0. The van der Waals surface area contributed by atoms with Crippen LogP contribution in [-0.4, -0.2) is 102 Å². The van der Waals surface area contributed by atoms with Crippen LogP contribution in [0.3, 0.4) is 0 Å². The molecule has 3 atom stereocenters. The molecule has 3 aliphatic heterocycles. The maximum absolute atomic E-state index is 10.6. The smallest absolute Gasteiger partial charge is 0.475 e. The number of hydrogen-bond acceptors (Lipinski definition) is 7. The van der Waals surface area contributed by atoms with Crippen LogP contribution in [0.15, 0.2) is 6.07 Å². The summed E-state index contributed by atoms with van der Waals surface area (Å²) in [5.41, 5.74) is 1.24. The highest BCUT2D eigenvalue weighted by molar-refractivity contribution is 5.73. The van der Waals surface area contributed by atoms with E-state index < -0.39 is 12.1 Å². The third kappa shape index (κ3) is 7.06. The van der Waals surface area contributed by atoms with Gasteiger partial charge < -0.3 is 30.1 Å². The van der Waals surface area contributed by atoms with Crippen LogP contribution in [0.1, 0.15) is 37.3 Å². The summed E-state index contributed by atoms with van der Waals surface area (Å²) < 4.78 is 37.4. The Morgan fingerprint density at radius 2 is 1.97 bits per heavy atom. The molecule has 3 saturated heterocycles. The Labute approximate surface area is 184 Å². The van der Waals surface area contributed by atoms with E-state index in [1.807, 2.05) is 0 Å². The molecule has 9 nitrogen and oxygen atoms in total. The van der Waals surface area contributed by atoms with E-state index in [1.54, 1.807) is 0 Å². The number of carboxylic acids is 1. The minimum absolute atomic E-state index is 0.0341. The lowest BCUT2D eigenvalue weighted by atomic mass is 9.94. The van der Waals surface area contributed by atoms with E-state index in [9.17, 15) is 18.3 Å². The number of carboxylic acid groups (broad SMARTS) is 1. The van der Waals surface area contributed by atoms with Gasteiger partial charge in [-0.2, -0.15) is 18.3 Å². The van der Waals surface area contributed by atoms with Gasteiger partial charge in [-0.3, -0.25) is 5.10 Å². The standard InChI is InChI=1S/C18H31N5O2.C2HF3O2/c24-16(17-4-2-10-25-17)13-22-7-1-3-14(12-22)15-11-18(21-20-15)23-8-5-19-6-9-23;3-2(4,5)1(6)7/h11,14,16-17,19,24H,1-10,12-13H2,(H,20,21);(H,6,7). The second-order valence-corrected chi connectivity index (χ2v) is 8.44. The number of aromatic nitrogens is 2. The fourth-order valence-corrected chi connectivity index (χ4v) is 4.35. The maximum atomic E-state index is 10.6. The second kappa shape index (κ2) is 11.3. The summed E-state index contributed by atoms with van der Waals surface area (Å²) in [5.74, 6) is -1.20. The first kappa shape index (κ1) is 24.7. The Bertz CT molecular complexity index is 720. The lowest BCUT2D eigenvalue weighted by Crippen LogP contribution is -2.43. The first-order valence-electron chi connectivity index (χ1n) is 11.1. The molecule has 4 rings (SSSR count). The number of ether oxygens (including phenoxy) is 1. The van der Waals surface area contributed by atoms with Crippen LogP contribution < -0.4 is 10.2 Å². The van der Waals surface area contributed by atoms with Crippen molar-refractivity contribution in [2.45, 2.75) is 50.0 Å². The molecule has 182 valence electrons. The molecule has 3 aliphatic rings. The zero-order valence-electron chi connectivity index (χ0n) is 18.0. The van der Waals surface area contributed by atoms with Crippen LogP contribution in [-0.2, 0) is 9.53 Å². The number of piperidine rings is 1. The SMILES string of the molecule is O=C(O)C(F)(F)F.OC(CN1CCCC(c2cc(N3CCNCC3)n[nH]2)C1)C1CCCO1. The van der Waals surface area contributed by atoms with E-state index in [1.165, 1.54) is 18.5 Å². The summed E-state index contributed by atoms with van der Waals surface area (Å²) in [5, 5.41) is 28.8. The molecule has 0 amide bonds. The number of nitrogens with zero attached hydrogens (tertiary/aromatic N) is 3. The summed E-state index contributed by atoms with van der Waals surface area (Å²) in [6.07, 6.45) is -0.979. The quantitative estimate of drug-likeness (QED) is 0.515.